The lowest BCUT2D eigenvalue weighted by Crippen LogP contribution is -2.20. The number of carbonyl (C=O) groups excluding carboxylic acids is 1. The minimum Gasteiger partial charge on any atom is -0.494 e. The van der Waals surface area contributed by atoms with Gasteiger partial charge in [0.1, 0.15) is 17.6 Å². The number of benzene rings is 2. The smallest absolute Gasteiger partial charge is 0.170 e. The Bertz CT molecular complexity index is 649. The van der Waals surface area contributed by atoms with Crippen LogP contribution in [0.5, 0.6) is 11.5 Å². The summed E-state index contributed by atoms with van der Waals surface area (Å²) >= 11 is 0. The molecule has 0 fully saturated rings. The number of carbonyl (C=O) groups is 1. The normalized spacial score (nSPS) is 16.8. The topological polar surface area (TPSA) is 35.5 Å². The van der Waals surface area contributed by atoms with Crippen LogP contribution in [0.1, 0.15) is 48.2 Å². The van der Waals surface area contributed by atoms with Gasteiger partial charge in [0.05, 0.1) is 18.6 Å². The molecule has 114 valence electrons. The standard InChI is InChI=1S/C19H20O3/c1-2-3-11-21-15-9-10-18-16(12-15)17(20)13-19(22-18)14-7-5-4-6-8-14/h4-10,12,19H,2-3,11,13H2,1H3. The van der Waals surface area contributed by atoms with E-state index in [9.17, 15) is 4.79 Å². The molecule has 2 aromatic carbocycles. The van der Waals surface area contributed by atoms with Gasteiger partial charge in [-0.1, -0.05) is 43.7 Å². The Morgan fingerprint density at radius 1 is 1.18 bits per heavy atom. The molecule has 3 nitrogen and oxygen atoms in total. The molecule has 0 amide bonds. The van der Waals surface area contributed by atoms with Gasteiger partial charge in [0.25, 0.3) is 0 Å². The van der Waals surface area contributed by atoms with Gasteiger partial charge in [-0.25, -0.2) is 0 Å². The molecule has 0 N–H and O–H groups in total. The second-order valence-electron chi connectivity index (χ2n) is 5.50. The second kappa shape index (κ2) is 6.65. The van der Waals surface area contributed by atoms with Gasteiger partial charge >= 0.3 is 0 Å². The van der Waals surface area contributed by atoms with Crippen molar-refractivity contribution in [1.82, 2.24) is 0 Å². The third-order valence-corrected chi connectivity index (χ3v) is 3.83. The quantitative estimate of drug-likeness (QED) is 0.758. The maximum Gasteiger partial charge on any atom is 0.170 e. The fourth-order valence-electron chi connectivity index (χ4n) is 2.58. The third kappa shape index (κ3) is 3.14. The number of rotatable bonds is 5. The summed E-state index contributed by atoms with van der Waals surface area (Å²) in [6, 6.07) is 15.4. The molecule has 0 aliphatic carbocycles. The summed E-state index contributed by atoms with van der Waals surface area (Å²) < 4.78 is 11.7. The van der Waals surface area contributed by atoms with Crippen molar-refractivity contribution >= 4 is 5.78 Å². The monoisotopic (exact) mass is 296 g/mol. The minimum absolute atomic E-state index is 0.107. The molecule has 1 heterocycles. The van der Waals surface area contributed by atoms with Crippen molar-refractivity contribution in [2.24, 2.45) is 0 Å². The molecule has 1 unspecified atom stereocenters. The fourth-order valence-corrected chi connectivity index (χ4v) is 2.58. The summed E-state index contributed by atoms with van der Waals surface area (Å²) in [4.78, 5) is 12.4. The van der Waals surface area contributed by atoms with Crippen LogP contribution >= 0.6 is 0 Å². The molecular formula is C19H20O3. The summed E-state index contributed by atoms with van der Waals surface area (Å²) in [6.07, 6.45) is 2.27. The predicted octanol–water partition coefficient (Wildman–Crippen LogP) is 4.57. The molecular weight excluding hydrogens is 276 g/mol. The first kappa shape index (κ1) is 14.6. The highest BCUT2D eigenvalue weighted by Gasteiger charge is 2.27. The van der Waals surface area contributed by atoms with E-state index >= 15 is 0 Å². The number of fused-ring (bicyclic) bond motifs is 1. The van der Waals surface area contributed by atoms with E-state index in [4.69, 9.17) is 9.47 Å². The van der Waals surface area contributed by atoms with E-state index in [0.717, 1.165) is 24.2 Å². The summed E-state index contributed by atoms with van der Waals surface area (Å²) in [7, 11) is 0. The molecule has 0 bridgehead atoms. The first-order valence-electron chi connectivity index (χ1n) is 7.79. The van der Waals surface area contributed by atoms with Gasteiger partial charge in [0, 0.05) is 0 Å². The third-order valence-electron chi connectivity index (χ3n) is 3.83. The van der Waals surface area contributed by atoms with Gasteiger partial charge in [-0.3, -0.25) is 4.79 Å². The predicted molar refractivity (Wildman–Crippen MR) is 85.6 cm³/mol. The lowest BCUT2D eigenvalue weighted by Gasteiger charge is -2.25. The summed E-state index contributed by atoms with van der Waals surface area (Å²) in [6.45, 7) is 2.80. The van der Waals surface area contributed by atoms with Crippen LogP contribution in [0, 0.1) is 0 Å². The van der Waals surface area contributed by atoms with E-state index in [1.807, 2.05) is 42.5 Å². The fraction of sp³-hybridized carbons (Fsp3) is 0.316. The van der Waals surface area contributed by atoms with Crippen molar-refractivity contribution in [3.63, 3.8) is 0 Å². The van der Waals surface area contributed by atoms with E-state index in [2.05, 4.69) is 6.92 Å². The Balaban J connectivity index is 1.78. The molecule has 1 aliphatic rings. The van der Waals surface area contributed by atoms with Gasteiger partial charge in [-0.2, -0.15) is 0 Å². The second-order valence-corrected chi connectivity index (χ2v) is 5.50. The molecule has 22 heavy (non-hydrogen) atoms. The van der Waals surface area contributed by atoms with Crippen LogP contribution in [0.2, 0.25) is 0 Å². The van der Waals surface area contributed by atoms with Gasteiger partial charge < -0.3 is 9.47 Å². The summed E-state index contributed by atoms with van der Waals surface area (Å²) in [5, 5.41) is 0. The van der Waals surface area contributed by atoms with E-state index in [-0.39, 0.29) is 11.9 Å². The number of Topliss-reactive ketones (excluding diaryl/α,β-unsaturated/α-hetero) is 1. The van der Waals surface area contributed by atoms with Crippen molar-refractivity contribution in [2.45, 2.75) is 32.3 Å². The Hall–Kier alpha value is -2.29. The lowest BCUT2D eigenvalue weighted by molar-refractivity contribution is 0.0849. The molecule has 0 saturated heterocycles. The van der Waals surface area contributed by atoms with Crippen molar-refractivity contribution in [3.05, 3.63) is 59.7 Å². The van der Waals surface area contributed by atoms with E-state index in [1.54, 1.807) is 6.07 Å². The van der Waals surface area contributed by atoms with E-state index in [0.29, 0.717) is 24.3 Å². The Kier molecular flexibility index (Phi) is 4.42. The molecule has 1 aliphatic heterocycles. The molecule has 3 heteroatoms. The average Bonchev–Trinajstić information content (AvgIpc) is 2.56. The van der Waals surface area contributed by atoms with Gasteiger partial charge in [0.15, 0.2) is 5.78 Å². The number of ketones is 1. The molecule has 0 saturated carbocycles. The van der Waals surface area contributed by atoms with Crippen LogP contribution in [0.4, 0.5) is 0 Å². The van der Waals surface area contributed by atoms with Crippen LogP contribution < -0.4 is 9.47 Å². The van der Waals surface area contributed by atoms with Gasteiger partial charge in [0.2, 0.25) is 0 Å². The molecule has 3 rings (SSSR count). The maximum atomic E-state index is 12.4. The zero-order valence-corrected chi connectivity index (χ0v) is 12.7. The minimum atomic E-state index is -0.201. The Morgan fingerprint density at radius 2 is 2.00 bits per heavy atom. The molecule has 0 spiro atoms. The highest BCUT2D eigenvalue weighted by Crippen LogP contribution is 2.36. The number of ether oxygens (including phenoxy) is 2. The number of hydrogen-bond donors (Lipinski definition) is 0. The largest absolute Gasteiger partial charge is 0.494 e. The SMILES string of the molecule is CCCCOc1ccc2c(c1)C(=O)CC(c1ccccc1)O2. The van der Waals surface area contributed by atoms with Crippen LogP contribution in [-0.4, -0.2) is 12.4 Å². The summed E-state index contributed by atoms with van der Waals surface area (Å²) in [5.74, 6) is 1.49. The highest BCUT2D eigenvalue weighted by molar-refractivity contribution is 6.00. The molecule has 0 radical (unpaired) electrons. The van der Waals surface area contributed by atoms with Crippen molar-refractivity contribution in [1.29, 1.82) is 0 Å². The van der Waals surface area contributed by atoms with Gasteiger partial charge in [-0.05, 0) is 30.2 Å². The van der Waals surface area contributed by atoms with Crippen LogP contribution in [-0.2, 0) is 0 Å². The zero-order chi connectivity index (χ0) is 15.4. The van der Waals surface area contributed by atoms with Crippen molar-refractivity contribution in [2.75, 3.05) is 6.61 Å². The lowest BCUT2D eigenvalue weighted by atomic mass is 9.96. The number of unbranched alkanes of at least 4 members (excludes halogenated alkanes) is 1. The van der Waals surface area contributed by atoms with Crippen LogP contribution in [0.25, 0.3) is 0 Å². The average molecular weight is 296 g/mol. The van der Waals surface area contributed by atoms with Gasteiger partial charge in [-0.15, -0.1) is 0 Å². The van der Waals surface area contributed by atoms with Crippen molar-refractivity contribution in [3.8, 4) is 11.5 Å². The Morgan fingerprint density at radius 3 is 2.77 bits per heavy atom. The first-order chi connectivity index (χ1) is 10.8. The number of hydrogen-bond acceptors (Lipinski definition) is 3. The van der Waals surface area contributed by atoms with Crippen molar-refractivity contribution < 1.29 is 14.3 Å². The Labute approximate surface area is 130 Å². The first-order valence-corrected chi connectivity index (χ1v) is 7.79. The molecule has 0 aromatic heterocycles. The van der Waals surface area contributed by atoms with Crippen LogP contribution in [0.15, 0.2) is 48.5 Å². The summed E-state index contributed by atoms with van der Waals surface area (Å²) in [5.41, 5.74) is 1.66. The van der Waals surface area contributed by atoms with Crippen LogP contribution in [0.3, 0.4) is 0 Å². The highest BCUT2D eigenvalue weighted by atomic mass is 16.5. The molecule has 2 aromatic rings. The maximum absolute atomic E-state index is 12.4. The zero-order valence-electron chi connectivity index (χ0n) is 12.7. The van der Waals surface area contributed by atoms with E-state index in [1.165, 1.54) is 0 Å². The van der Waals surface area contributed by atoms with E-state index < -0.39 is 0 Å². The molecule has 1 atom stereocenters.